The average Bonchev–Trinajstić information content (AvgIpc) is 2.73. The normalized spacial score (nSPS) is 15.1. The summed E-state index contributed by atoms with van der Waals surface area (Å²) in [4.78, 5) is 7.10. The fourth-order valence-electron chi connectivity index (χ4n) is 3.69. The number of piperidine rings is 1. The molecule has 0 spiro atoms. The predicted molar refractivity (Wildman–Crippen MR) is 120 cm³/mol. The minimum absolute atomic E-state index is 0.722. The van der Waals surface area contributed by atoms with Crippen molar-refractivity contribution in [2.45, 2.75) is 33.1 Å². The van der Waals surface area contributed by atoms with E-state index in [4.69, 9.17) is 11.6 Å². The minimum atomic E-state index is 0.722. The molecule has 0 aliphatic carbocycles. The van der Waals surface area contributed by atoms with Gasteiger partial charge in [-0.2, -0.15) is 5.10 Å². The van der Waals surface area contributed by atoms with E-state index in [-0.39, 0.29) is 0 Å². The van der Waals surface area contributed by atoms with Gasteiger partial charge in [-0.15, -0.1) is 0 Å². The highest BCUT2D eigenvalue weighted by molar-refractivity contribution is 6.31. The van der Waals surface area contributed by atoms with E-state index in [0.29, 0.717) is 0 Å². The predicted octanol–water partition coefficient (Wildman–Crippen LogP) is 6.02. The quantitative estimate of drug-likeness (QED) is 0.435. The highest BCUT2D eigenvalue weighted by atomic mass is 35.5. The monoisotopic (exact) mass is 392 g/mol. The van der Waals surface area contributed by atoms with E-state index in [1.165, 1.54) is 24.9 Å². The van der Waals surface area contributed by atoms with Crippen molar-refractivity contribution in [3.63, 3.8) is 0 Å². The number of nitrogens with zero attached hydrogens (tertiary/aromatic N) is 3. The molecular weight excluding hydrogens is 368 g/mol. The Labute approximate surface area is 171 Å². The number of rotatable bonds is 4. The third-order valence-corrected chi connectivity index (χ3v) is 5.56. The summed E-state index contributed by atoms with van der Waals surface area (Å²) in [5.41, 5.74) is 8.47. The van der Waals surface area contributed by atoms with Gasteiger partial charge in [0, 0.05) is 29.2 Å². The van der Waals surface area contributed by atoms with Crippen LogP contribution in [0.15, 0.2) is 53.6 Å². The molecule has 1 aromatic heterocycles. The van der Waals surface area contributed by atoms with E-state index in [1.807, 2.05) is 31.2 Å². The molecule has 0 saturated carbocycles. The van der Waals surface area contributed by atoms with Crippen LogP contribution in [0.1, 0.15) is 37.3 Å². The van der Waals surface area contributed by atoms with Crippen molar-refractivity contribution in [3.8, 4) is 0 Å². The zero-order valence-corrected chi connectivity index (χ0v) is 17.1. The Morgan fingerprint density at radius 2 is 1.79 bits per heavy atom. The van der Waals surface area contributed by atoms with Crippen molar-refractivity contribution in [2.24, 2.45) is 5.10 Å². The first-order valence-electron chi connectivity index (χ1n) is 9.83. The number of hydrogen-bond donors (Lipinski definition) is 1. The number of nitrogens with one attached hydrogen (secondary N) is 1. The van der Waals surface area contributed by atoms with Gasteiger partial charge in [0.05, 0.1) is 11.2 Å². The van der Waals surface area contributed by atoms with Crippen molar-refractivity contribution in [3.05, 3.63) is 64.7 Å². The first-order valence-corrected chi connectivity index (χ1v) is 10.2. The second-order valence-corrected chi connectivity index (χ2v) is 7.83. The summed E-state index contributed by atoms with van der Waals surface area (Å²) in [6.45, 7) is 6.39. The summed E-state index contributed by atoms with van der Waals surface area (Å²) >= 11 is 6.09. The third-order valence-electron chi connectivity index (χ3n) is 5.32. The van der Waals surface area contributed by atoms with E-state index >= 15 is 0 Å². The number of aryl methyl sites for hydroxylation is 1. The van der Waals surface area contributed by atoms with Crippen molar-refractivity contribution in [1.29, 1.82) is 0 Å². The van der Waals surface area contributed by atoms with E-state index in [1.54, 1.807) is 0 Å². The van der Waals surface area contributed by atoms with E-state index in [2.05, 4.69) is 51.6 Å². The SMILES string of the molecule is CC(=NNc1cc(C)c2cc(Cl)ccc2n1)c1ccc(N2CCCCC2)cc1. The largest absolute Gasteiger partial charge is 0.372 e. The van der Waals surface area contributed by atoms with Crippen LogP contribution in [0, 0.1) is 6.92 Å². The van der Waals surface area contributed by atoms with Crippen LogP contribution in [0.2, 0.25) is 5.02 Å². The number of hydrazone groups is 1. The summed E-state index contributed by atoms with van der Waals surface area (Å²) in [6, 6.07) is 16.4. The summed E-state index contributed by atoms with van der Waals surface area (Å²) in [5, 5.41) is 6.32. The van der Waals surface area contributed by atoms with Crippen LogP contribution >= 0.6 is 11.6 Å². The molecule has 1 aliphatic rings. The molecule has 0 unspecified atom stereocenters. The smallest absolute Gasteiger partial charge is 0.147 e. The van der Waals surface area contributed by atoms with E-state index in [9.17, 15) is 0 Å². The van der Waals surface area contributed by atoms with Crippen molar-refractivity contribution < 1.29 is 0 Å². The zero-order valence-electron chi connectivity index (χ0n) is 16.4. The second kappa shape index (κ2) is 8.19. The maximum absolute atomic E-state index is 6.09. The van der Waals surface area contributed by atoms with Crippen molar-refractivity contribution >= 4 is 39.7 Å². The van der Waals surface area contributed by atoms with Gasteiger partial charge in [0.25, 0.3) is 0 Å². The number of fused-ring (bicyclic) bond motifs is 1. The molecule has 4 nitrogen and oxygen atoms in total. The third kappa shape index (κ3) is 4.12. The number of halogens is 1. The maximum Gasteiger partial charge on any atom is 0.147 e. The van der Waals surface area contributed by atoms with Gasteiger partial charge in [0.15, 0.2) is 0 Å². The van der Waals surface area contributed by atoms with Gasteiger partial charge in [-0.05, 0) is 80.6 Å². The van der Waals surface area contributed by atoms with Crippen LogP contribution in [0.3, 0.4) is 0 Å². The molecule has 5 heteroatoms. The lowest BCUT2D eigenvalue weighted by Gasteiger charge is -2.28. The van der Waals surface area contributed by atoms with Crippen LogP contribution in [-0.2, 0) is 0 Å². The highest BCUT2D eigenvalue weighted by Crippen LogP contribution is 2.24. The lowest BCUT2D eigenvalue weighted by Crippen LogP contribution is -2.29. The van der Waals surface area contributed by atoms with Gasteiger partial charge in [0.2, 0.25) is 0 Å². The fourth-order valence-corrected chi connectivity index (χ4v) is 3.87. The van der Waals surface area contributed by atoms with Gasteiger partial charge in [-0.25, -0.2) is 4.98 Å². The molecule has 0 radical (unpaired) electrons. The van der Waals surface area contributed by atoms with Gasteiger partial charge in [-0.3, -0.25) is 5.43 Å². The first-order chi connectivity index (χ1) is 13.6. The molecule has 28 heavy (non-hydrogen) atoms. The van der Waals surface area contributed by atoms with Gasteiger partial charge >= 0.3 is 0 Å². The summed E-state index contributed by atoms with van der Waals surface area (Å²) < 4.78 is 0. The summed E-state index contributed by atoms with van der Waals surface area (Å²) in [6.07, 6.45) is 3.93. The van der Waals surface area contributed by atoms with Crippen LogP contribution < -0.4 is 10.3 Å². The average molecular weight is 393 g/mol. The lowest BCUT2D eigenvalue weighted by atomic mass is 10.1. The van der Waals surface area contributed by atoms with Crippen LogP contribution in [0.25, 0.3) is 10.9 Å². The topological polar surface area (TPSA) is 40.5 Å². The highest BCUT2D eigenvalue weighted by Gasteiger charge is 2.11. The zero-order chi connectivity index (χ0) is 19.5. The Kier molecular flexibility index (Phi) is 5.49. The molecule has 0 amide bonds. The molecule has 4 rings (SSSR count). The molecule has 1 N–H and O–H groups in total. The summed E-state index contributed by atoms with van der Waals surface area (Å²) in [5.74, 6) is 0.733. The van der Waals surface area contributed by atoms with Crippen molar-refractivity contribution in [2.75, 3.05) is 23.4 Å². The molecule has 0 bridgehead atoms. The lowest BCUT2D eigenvalue weighted by molar-refractivity contribution is 0.578. The van der Waals surface area contributed by atoms with E-state index in [0.717, 1.165) is 51.7 Å². The molecule has 2 heterocycles. The Balaban J connectivity index is 1.49. The Morgan fingerprint density at radius 3 is 2.54 bits per heavy atom. The standard InChI is InChI=1S/C23H25ClN4/c1-16-14-23(25-22-11-8-19(24)15-21(16)22)27-26-17(2)18-6-9-20(10-7-18)28-12-4-3-5-13-28/h6-11,14-15H,3-5,12-13H2,1-2H3,(H,25,27). The van der Waals surface area contributed by atoms with Crippen molar-refractivity contribution in [1.82, 2.24) is 4.98 Å². The Hall–Kier alpha value is -2.59. The van der Waals surface area contributed by atoms with Gasteiger partial charge in [-0.1, -0.05) is 23.7 Å². The molecule has 3 aromatic rings. The minimum Gasteiger partial charge on any atom is -0.372 e. The Morgan fingerprint density at radius 1 is 1.04 bits per heavy atom. The number of pyridine rings is 1. The molecule has 1 fully saturated rings. The molecule has 1 saturated heterocycles. The molecular formula is C23H25ClN4. The fraction of sp³-hybridized carbons (Fsp3) is 0.304. The molecule has 1 aliphatic heterocycles. The number of anilines is 2. The first kappa shape index (κ1) is 18.8. The Bertz CT molecular complexity index is 1010. The van der Waals surface area contributed by atoms with Gasteiger partial charge in [0.1, 0.15) is 5.82 Å². The van der Waals surface area contributed by atoms with Crippen LogP contribution in [-0.4, -0.2) is 23.8 Å². The van der Waals surface area contributed by atoms with Crippen LogP contribution in [0.4, 0.5) is 11.5 Å². The molecule has 144 valence electrons. The summed E-state index contributed by atoms with van der Waals surface area (Å²) in [7, 11) is 0. The second-order valence-electron chi connectivity index (χ2n) is 7.39. The van der Waals surface area contributed by atoms with Gasteiger partial charge < -0.3 is 4.90 Å². The molecule has 2 aromatic carbocycles. The van der Waals surface area contributed by atoms with Crippen LogP contribution in [0.5, 0.6) is 0 Å². The molecule has 0 atom stereocenters. The maximum atomic E-state index is 6.09. The number of aromatic nitrogens is 1. The number of benzene rings is 2. The van der Waals surface area contributed by atoms with E-state index < -0.39 is 0 Å². The number of hydrogen-bond acceptors (Lipinski definition) is 4.